The van der Waals surface area contributed by atoms with Crippen LogP contribution in [0, 0.1) is 0 Å². The van der Waals surface area contributed by atoms with Crippen molar-refractivity contribution in [3.8, 4) is 0 Å². The lowest BCUT2D eigenvalue weighted by Gasteiger charge is -2.07. The molecular weight excluding hydrogens is 228 g/mol. The van der Waals surface area contributed by atoms with Crippen LogP contribution in [0.4, 0.5) is 0 Å². The molecule has 3 nitrogen and oxygen atoms in total. The van der Waals surface area contributed by atoms with Gasteiger partial charge in [0.15, 0.2) is 5.78 Å². The second-order valence-electron chi connectivity index (χ2n) is 3.27. The quantitative estimate of drug-likeness (QED) is 0.462. The number of carbonyl (C=O) groups excluding carboxylic acids is 2. The molecule has 0 spiro atoms. The molecule has 0 aromatic heterocycles. The number of halogens is 1. The van der Waals surface area contributed by atoms with Gasteiger partial charge in [0, 0.05) is 17.9 Å². The molecule has 0 saturated carbocycles. The highest BCUT2D eigenvalue weighted by atomic mass is 35.5. The first-order valence-electron chi connectivity index (χ1n) is 4.94. The minimum atomic E-state index is -0.471. The van der Waals surface area contributed by atoms with E-state index < -0.39 is 5.97 Å². The summed E-state index contributed by atoms with van der Waals surface area (Å²) in [5.74, 6) is -0.266. The van der Waals surface area contributed by atoms with E-state index in [1.807, 2.05) is 0 Å². The van der Waals surface area contributed by atoms with Crippen molar-refractivity contribution in [3.63, 3.8) is 0 Å². The highest BCUT2D eigenvalue weighted by molar-refractivity contribution is 6.17. The van der Waals surface area contributed by atoms with Crippen LogP contribution in [0.5, 0.6) is 0 Å². The van der Waals surface area contributed by atoms with Gasteiger partial charge in [0.1, 0.15) is 0 Å². The molecule has 0 aliphatic heterocycles. The van der Waals surface area contributed by atoms with Gasteiger partial charge in [-0.2, -0.15) is 0 Å². The third kappa shape index (κ3) is 2.61. The third-order valence-electron chi connectivity index (χ3n) is 2.30. The van der Waals surface area contributed by atoms with Gasteiger partial charge in [0.05, 0.1) is 12.7 Å². The van der Waals surface area contributed by atoms with E-state index in [9.17, 15) is 9.59 Å². The van der Waals surface area contributed by atoms with E-state index in [0.717, 1.165) is 0 Å². The van der Waals surface area contributed by atoms with E-state index in [1.54, 1.807) is 19.1 Å². The van der Waals surface area contributed by atoms with Gasteiger partial charge in [-0.05, 0) is 11.6 Å². The second-order valence-corrected chi connectivity index (χ2v) is 3.54. The molecular formula is C12H13ClO3. The normalized spacial score (nSPS) is 9.94. The number of hydrogen-bond acceptors (Lipinski definition) is 3. The molecule has 0 atom stereocenters. The lowest BCUT2D eigenvalue weighted by atomic mass is 10.0. The number of methoxy groups -OCH3 is 1. The fourth-order valence-corrected chi connectivity index (χ4v) is 1.60. The predicted octanol–water partition coefficient (Wildman–Crippen LogP) is 2.80. The first-order valence-corrected chi connectivity index (χ1v) is 5.47. The van der Waals surface area contributed by atoms with Crippen molar-refractivity contribution in [2.75, 3.05) is 7.11 Å². The Morgan fingerprint density at radius 1 is 1.38 bits per heavy atom. The van der Waals surface area contributed by atoms with Crippen LogP contribution in [0.3, 0.4) is 0 Å². The molecule has 0 radical (unpaired) electrons. The zero-order valence-corrected chi connectivity index (χ0v) is 10.0. The average molecular weight is 241 g/mol. The van der Waals surface area contributed by atoms with Crippen LogP contribution in [0.15, 0.2) is 18.2 Å². The summed E-state index contributed by atoms with van der Waals surface area (Å²) in [6.45, 7) is 1.77. The van der Waals surface area contributed by atoms with Gasteiger partial charge in [0.2, 0.25) is 0 Å². The summed E-state index contributed by atoms with van der Waals surface area (Å²) in [5, 5.41) is 0. The Bertz CT molecular complexity index is 413. The van der Waals surface area contributed by atoms with Gasteiger partial charge in [-0.3, -0.25) is 4.79 Å². The van der Waals surface area contributed by atoms with E-state index in [4.69, 9.17) is 11.6 Å². The van der Waals surface area contributed by atoms with Crippen molar-refractivity contribution in [2.24, 2.45) is 0 Å². The molecule has 1 aromatic carbocycles. The van der Waals surface area contributed by atoms with Crippen LogP contribution in [-0.2, 0) is 10.6 Å². The Hall–Kier alpha value is -1.35. The largest absolute Gasteiger partial charge is 0.465 e. The van der Waals surface area contributed by atoms with Gasteiger partial charge < -0.3 is 4.74 Å². The van der Waals surface area contributed by atoms with Gasteiger partial charge in [-0.25, -0.2) is 4.79 Å². The van der Waals surface area contributed by atoms with Crippen LogP contribution >= 0.6 is 11.6 Å². The molecule has 0 unspecified atom stereocenters. The van der Waals surface area contributed by atoms with Crippen LogP contribution in [0.2, 0.25) is 0 Å². The summed E-state index contributed by atoms with van der Waals surface area (Å²) in [5.41, 5.74) is 1.54. The predicted molar refractivity (Wildman–Crippen MR) is 62.0 cm³/mol. The van der Waals surface area contributed by atoms with E-state index in [-0.39, 0.29) is 11.7 Å². The average Bonchev–Trinajstić information content (AvgIpc) is 2.35. The summed E-state index contributed by atoms with van der Waals surface area (Å²) < 4.78 is 4.64. The number of alkyl halides is 1. The maximum absolute atomic E-state index is 11.5. The standard InChI is InChI=1S/C12H13ClO3/c1-3-11(14)8-4-5-9(7-13)10(6-8)12(15)16-2/h4-6H,3,7H2,1-2H3. The molecule has 0 fully saturated rings. The molecule has 4 heteroatoms. The molecule has 0 aliphatic carbocycles. The van der Waals surface area contributed by atoms with Crippen LogP contribution in [-0.4, -0.2) is 18.9 Å². The van der Waals surface area contributed by atoms with E-state index in [0.29, 0.717) is 23.1 Å². The van der Waals surface area contributed by atoms with Crippen molar-refractivity contribution in [2.45, 2.75) is 19.2 Å². The fourth-order valence-electron chi connectivity index (χ4n) is 1.37. The van der Waals surface area contributed by atoms with Crippen molar-refractivity contribution >= 4 is 23.4 Å². The number of carbonyl (C=O) groups is 2. The Morgan fingerprint density at radius 3 is 2.56 bits per heavy atom. The molecule has 0 heterocycles. The van der Waals surface area contributed by atoms with Crippen molar-refractivity contribution < 1.29 is 14.3 Å². The summed E-state index contributed by atoms with van der Waals surface area (Å²) in [4.78, 5) is 23.0. The lowest BCUT2D eigenvalue weighted by Crippen LogP contribution is -2.07. The summed E-state index contributed by atoms with van der Waals surface area (Å²) in [7, 11) is 1.30. The summed E-state index contributed by atoms with van der Waals surface area (Å²) in [6.07, 6.45) is 0.404. The van der Waals surface area contributed by atoms with Crippen LogP contribution in [0.25, 0.3) is 0 Å². The number of ether oxygens (including phenoxy) is 1. The minimum Gasteiger partial charge on any atom is -0.465 e. The molecule has 86 valence electrons. The number of rotatable bonds is 4. The molecule has 0 amide bonds. The zero-order chi connectivity index (χ0) is 12.1. The molecule has 0 N–H and O–H groups in total. The summed E-state index contributed by atoms with van der Waals surface area (Å²) in [6, 6.07) is 4.90. The Balaban J connectivity index is 3.21. The molecule has 0 saturated heterocycles. The highest BCUT2D eigenvalue weighted by Crippen LogP contribution is 2.16. The Morgan fingerprint density at radius 2 is 2.06 bits per heavy atom. The van der Waals surface area contributed by atoms with Crippen molar-refractivity contribution in [1.82, 2.24) is 0 Å². The monoisotopic (exact) mass is 240 g/mol. The summed E-state index contributed by atoms with van der Waals surface area (Å²) >= 11 is 5.71. The first-order chi connectivity index (χ1) is 7.63. The van der Waals surface area contributed by atoms with Crippen molar-refractivity contribution in [3.05, 3.63) is 34.9 Å². The molecule has 0 aliphatic rings. The van der Waals surface area contributed by atoms with Crippen LogP contribution < -0.4 is 0 Å². The number of ketones is 1. The fraction of sp³-hybridized carbons (Fsp3) is 0.333. The number of esters is 1. The first kappa shape index (κ1) is 12.7. The second kappa shape index (κ2) is 5.66. The minimum absolute atomic E-state index is 0.00808. The van der Waals surface area contributed by atoms with E-state index in [2.05, 4.69) is 4.74 Å². The molecule has 16 heavy (non-hydrogen) atoms. The zero-order valence-electron chi connectivity index (χ0n) is 9.25. The van der Waals surface area contributed by atoms with Crippen LogP contribution in [0.1, 0.15) is 39.6 Å². The SMILES string of the molecule is CCC(=O)c1ccc(CCl)c(C(=O)OC)c1. The topological polar surface area (TPSA) is 43.4 Å². The maximum atomic E-state index is 11.5. The van der Waals surface area contributed by atoms with Gasteiger partial charge >= 0.3 is 5.97 Å². The number of hydrogen-bond donors (Lipinski definition) is 0. The maximum Gasteiger partial charge on any atom is 0.338 e. The number of benzene rings is 1. The Labute approximate surface area is 99.4 Å². The van der Waals surface area contributed by atoms with Gasteiger partial charge in [-0.15, -0.1) is 11.6 Å². The van der Waals surface area contributed by atoms with E-state index >= 15 is 0 Å². The van der Waals surface area contributed by atoms with Gasteiger partial charge in [-0.1, -0.05) is 19.1 Å². The lowest BCUT2D eigenvalue weighted by molar-refractivity contribution is 0.0600. The Kier molecular flexibility index (Phi) is 4.50. The molecule has 1 aromatic rings. The van der Waals surface area contributed by atoms with E-state index in [1.165, 1.54) is 13.2 Å². The van der Waals surface area contributed by atoms with Gasteiger partial charge in [0.25, 0.3) is 0 Å². The van der Waals surface area contributed by atoms with Crippen molar-refractivity contribution in [1.29, 1.82) is 0 Å². The highest BCUT2D eigenvalue weighted by Gasteiger charge is 2.14. The third-order valence-corrected chi connectivity index (χ3v) is 2.59. The molecule has 1 rings (SSSR count). The number of Topliss-reactive ketones (excluding diaryl/α,β-unsaturated/α-hetero) is 1. The smallest absolute Gasteiger partial charge is 0.338 e. The molecule has 0 bridgehead atoms.